The topological polar surface area (TPSA) is 22.1 Å². The van der Waals surface area contributed by atoms with Crippen LogP contribution in [0.5, 0.6) is 0 Å². The van der Waals surface area contributed by atoms with Crippen molar-refractivity contribution < 1.29 is 0 Å². The highest BCUT2D eigenvalue weighted by Crippen LogP contribution is 1.97. The molecule has 0 aliphatic rings. The number of aliphatic imine (C=N–C) groups is 1. The highest BCUT2D eigenvalue weighted by atomic mass is 15.3. The summed E-state index contributed by atoms with van der Waals surface area (Å²) in [5, 5.41) is 0. The SMILES string of the molecule is CCN(CCN=C(N(C)C)N(C)C)C(C)C. The van der Waals surface area contributed by atoms with Gasteiger partial charge in [-0.15, -0.1) is 0 Å². The summed E-state index contributed by atoms with van der Waals surface area (Å²) >= 11 is 0. The molecule has 0 saturated carbocycles. The second kappa shape index (κ2) is 7.49. The fraction of sp³-hybridized carbons (Fsp3) is 0.917. The van der Waals surface area contributed by atoms with Gasteiger partial charge >= 0.3 is 0 Å². The van der Waals surface area contributed by atoms with Gasteiger partial charge < -0.3 is 9.80 Å². The monoisotopic (exact) mass is 228 g/mol. The van der Waals surface area contributed by atoms with Gasteiger partial charge in [0, 0.05) is 40.8 Å². The number of rotatable bonds is 5. The van der Waals surface area contributed by atoms with E-state index in [1.807, 2.05) is 38.0 Å². The van der Waals surface area contributed by atoms with Crippen LogP contribution in [0.15, 0.2) is 4.99 Å². The lowest BCUT2D eigenvalue weighted by Crippen LogP contribution is -2.37. The average molecular weight is 228 g/mol. The van der Waals surface area contributed by atoms with Gasteiger partial charge in [0.2, 0.25) is 0 Å². The number of likely N-dealkylation sites (N-methyl/N-ethyl adjacent to an activating group) is 1. The second-order valence-electron chi connectivity index (χ2n) is 4.69. The standard InChI is InChI=1S/C12H28N4/c1-8-16(11(2)3)10-9-13-12(14(4)5)15(6)7/h11H,8-10H2,1-7H3. The largest absolute Gasteiger partial charge is 0.349 e. The minimum absolute atomic E-state index is 0.599. The Labute approximate surface area is 101 Å². The summed E-state index contributed by atoms with van der Waals surface area (Å²) in [4.78, 5) is 11.1. The van der Waals surface area contributed by atoms with Gasteiger partial charge in [0.15, 0.2) is 5.96 Å². The highest BCUT2D eigenvalue weighted by molar-refractivity contribution is 5.79. The van der Waals surface area contributed by atoms with Crippen molar-refractivity contribution in [2.75, 3.05) is 47.8 Å². The van der Waals surface area contributed by atoms with Gasteiger partial charge in [-0.3, -0.25) is 9.89 Å². The van der Waals surface area contributed by atoms with Gasteiger partial charge in [0.05, 0.1) is 6.54 Å². The van der Waals surface area contributed by atoms with E-state index in [9.17, 15) is 0 Å². The molecule has 4 nitrogen and oxygen atoms in total. The van der Waals surface area contributed by atoms with Crippen LogP contribution in [0.2, 0.25) is 0 Å². The summed E-state index contributed by atoms with van der Waals surface area (Å²) in [6.07, 6.45) is 0. The van der Waals surface area contributed by atoms with E-state index >= 15 is 0 Å². The Morgan fingerprint density at radius 2 is 1.56 bits per heavy atom. The Kier molecular flexibility index (Phi) is 7.13. The van der Waals surface area contributed by atoms with Crippen LogP contribution in [0.4, 0.5) is 0 Å². The van der Waals surface area contributed by atoms with E-state index in [1.54, 1.807) is 0 Å². The van der Waals surface area contributed by atoms with Crippen LogP contribution in [0, 0.1) is 0 Å². The maximum Gasteiger partial charge on any atom is 0.195 e. The van der Waals surface area contributed by atoms with Crippen molar-refractivity contribution in [1.82, 2.24) is 14.7 Å². The smallest absolute Gasteiger partial charge is 0.195 e. The van der Waals surface area contributed by atoms with Crippen LogP contribution in [0.3, 0.4) is 0 Å². The molecule has 0 aliphatic heterocycles. The molecule has 0 spiro atoms. The first-order valence-corrected chi connectivity index (χ1v) is 6.03. The fourth-order valence-corrected chi connectivity index (χ4v) is 1.74. The number of nitrogens with zero attached hydrogens (tertiary/aromatic N) is 4. The van der Waals surface area contributed by atoms with Crippen LogP contribution in [-0.4, -0.2) is 74.5 Å². The normalized spacial score (nSPS) is 10.8. The molecule has 0 aliphatic carbocycles. The molecule has 0 amide bonds. The summed E-state index contributed by atoms with van der Waals surface area (Å²) < 4.78 is 0. The maximum atomic E-state index is 4.62. The van der Waals surface area contributed by atoms with Crippen molar-refractivity contribution in [3.63, 3.8) is 0 Å². The number of guanidine groups is 1. The molecule has 0 bridgehead atoms. The zero-order chi connectivity index (χ0) is 12.7. The van der Waals surface area contributed by atoms with Crippen molar-refractivity contribution >= 4 is 5.96 Å². The van der Waals surface area contributed by atoms with Crippen LogP contribution in [-0.2, 0) is 0 Å². The molecule has 0 unspecified atom stereocenters. The summed E-state index contributed by atoms with van der Waals surface area (Å²) in [5.41, 5.74) is 0. The van der Waals surface area contributed by atoms with Crippen molar-refractivity contribution in [3.8, 4) is 0 Å². The fourth-order valence-electron chi connectivity index (χ4n) is 1.74. The predicted octanol–water partition coefficient (Wildman–Crippen LogP) is 1.20. The molecule has 96 valence electrons. The first kappa shape index (κ1) is 15.2. The first-order chi connectivity index (χ1) is 7.40. The Morgan fingerprint density at radius 3 is 1.88 bits per heavy atom. The van der Waals surface area contributed by atoms with Crippen molar-refractivity contribution in [3.05, 3.63) is 0 Å². The van der Waals surface area contributed by atoms with Crippen molar-refractivity contribution in [2.45, 2.75) is 26.8 Å². The molecule has 0 radical (unpaired) electrons. The Balaban J connectivity index is 4.23. The molecule has 4 heteroatoms. The predicted molar refractivity (Wildman–Crippen MR) is 72.1 cm³/mol. The molecule has 0 aromatic rings. The minimum Gasteiger partial charge on any atom is -0.349 e. The van der Waals surface area contributed by atoms with Crippen LogP contribution >= 0.6 is 0 Å². The molecule has 0 N–H and O–H groups in total. The zero-order valence-corrected chi connectivity index (χ0v) is 12.0. The lowest BCUT2D eigenvalue weighted by molar-refractivity contribution is 0.240. The van der Waals surface area contributed by atoms with Crippen LogP contribution in [0.25, 0.3) is 0 Å². The first-order valence-electron chi connectivity index (χ1n) is 6.03. The molecule has 16 heavy (non-hydrogen) atoms. The molecule has 0 heterocycles. The molecular weight excluding hydrogens is 200 g/mol. The molecule has 0 rings (SSSR count). The van der Waals surface area contributed by atoms with E-state index in [1.165, 1.54) is 0 Å². The Bertz CT molecular complexity index is 199. The van der Waals surface area contributed by atoms with E-state index < -0.39 is 0 Å². The van der Waals surface area contributed by atoms with Gasteiger partial charge in [0.25, 0.3) is 0 Å². The molecule has 0 aromatic heterocycles. The molecular formula is C12H28N4. The van der Waals surface area contributed by atoms with Gasteiger partial charge in [-0.05, 0) is 20.4 Å². The zero-order valence-electron chi connectivity index (χ0n) is 12.0. The third kappa shape index (κ3) is 5.35. The summed E-state index contributed by atoms with van der Waals surface area (Å²) in [7, 11) is 8.11. The third-order valence-corrected chi connectivity index (χ3v) is 2.58. The van der Waals surface area contributed by atoms with Crippen molar-refractivity contribution in [2.24, 2.45) is 4.99 Å². The van der Waals surface area contributed by atoms with E-state index in [0.29, 0.717) is 6.04 Å². The number of hydrogen-bond acceptors (Lipinski definition) is 2. The summed E-state index contributed by atoms with van der Waals surface area (Å²) in [6.45, 7) is 9.63. The highest BCUT2D eigenvalue weighted by Gasteiger charge is 2.07. The second-order valence-corrected chi connectivity index (χ2v) is 4.69. The Morgan fingerprint density at radius 1 is 1.06 bits per heavy atom. The quantitative estimate of drug-likeness (QED) is 0.521. The maximum absolute atomic E-state index is 4.62. The van der Waals surface area contributed by atoms with E-state index in [0.717, 1.165) is 25.6 Å². The van der Waals surface area contributed by atoms with Gasteiger partial charge in [-0.2, -0.15) is 0 Å². The van der Waals surface area contributed by atoms with Crippen molar-refractivity contribution in [1.29, 1.82) is 0 Å². The van der Waals surface area contributed by atoms with E-state index in [2.05, 4.69) is 30.7 Å². The van der Waals surface area contributed by atoms with Gasteiger partial charge in [-0.25, -0.2) is 0 Å². The average Bonchev–Trinajstić information content (AvgIpc) is 2.15. The molecule has 0 atom stereocenters. The lowest BCUT2D eigenvalue weighted by Gasteiger charge is -2.25. The molecule has 0 fully saturated rings. The van der Waals surface area contributed by atoms with Gasteiger partial charge in [0.1, 0.15) is 0 Å². The summed E-state index contributed by atoms with van der Waals surface area (Å²) in [5.74, 6) is 1.03. The number of hydrogen-bond donors (Lipinski definition) is 0. The van der Waals surface area contributed by atoms with Crippen LogP contribution in [0.1, 0.15) is 20.8 Å². The van der Waals surface area contributed by atoms with E-state index in [4.69, 9.17) is 0 Å². The van der Waals surface area contributed by atoms with Gasteiger partial charge in [-0.1, -0.05) is 6.92 Å². The Hall–Kier alpha value is -0.770. The molecule has 0 saturated heterocycles. The minimum atomic E-state index is 0.599. The van der Waals surface area contributed by atoms with Crippen LogP contribution < -0.4 is 0 Å². The third-order valence-electron chi connectivity index (χ3n) is 2.58. The summed E-state index contributed by atoms with van der Waals surface area (Å²) in [6, 6.07) is 0.599. The lowest BCUT2D eigenvalue weighted by atomic mass is 10.3. The molecule has 0 aromatic carbocycles. The van der Waals surface area contributed by atoms with E-state index in [-0.39, 0.29) is 0 Å².